The van der Waals surface area contributed by atoms with E-state index in [2.05, 4.69) is 15.8 Å². The van der Waals surface area contributed by atoms with E-state index in [0.29, 0.717) is 10.7 Å². The first-order valence-electron chi connectivity index (χ1n) is 8.05. The molecule has 0 aliphatic carbocycles. The molecular weight excluding hydrogens is 338 g/mol. The maximum absolute atomic E-state index is 12.1. The van der Waals surface area contributed by atoms with Crippen molar-refractivity contribution >= 4 is 35.3 Å². The van der Waals surface area contributed by atoms with Gasteiger partial charge in [-0.1, -0.05) is 55.8 Å². The zero-order valence-electron chi connectivity index (χ0n) is 14.2. The van der Waals surface area contributed by atoms with Gasteiger partial charge in [-0.3, -0.25) is 9.59 Å². The summed E-state index contributed by atoms with van der Waals surface area (Å²) < 4.78 is 0. The van der Waals surface area contributed by atoms with Crippen LogP contribution >= 0.6 is 11.6 Å². The zero-order valence-corrected chi connectivity index (χ0v) is 14.9. The Morgan fingerprint density at radius 3 is 2.28 bits per heavy atom. The van der Waals surface area contributed by atoms with Gasteiger partial charge in [-0.25, -0.2) is 5.43 Å². The van der Waals surface area contributed by atoms with Gasteiger partial charge < -0.3 is 5.32 Å². The monoisotopic (exact) mass is 357 g/mol. The Morgan fingerprint density at radius 1 is 1.04 bits per heavy atom. The molecule has 0 radical (unpaired) electrons. The highest BCUT2D eigenvalue weighted by Gasteiger charge is 2.16. The molecular formula is C19H20ClN3O2. The standard InChI is InChI=1S/C19H20ClN3O2/c1-3-14-8-6-9-15(4-2)17(14)22-18(24)19(25)23-21-12-13-7-5-10-16(20)11-13/h5-12H,3-4H2,1-2H3,(H,22,24)(H,23,25)/b21-12-. The number of para-hydroxylation sites is 1. The molecule has 0 spiro atoms. The van der Waals surface area contributed by atoms with Gasteiger partial charge in [-0.15, -0.1) is 0 Å². The first kappa shape index (κ1) is 18.7. The molecule has 5 nitrogen and oxygen atoms in total. The summed E-state index contributed by atoms with van der Waals surface area (Å²) in [5, 5.41) is 7.05. The number of aryl methyl sites for hydroxylation is 2. The van der Waals surface area contributed by atoms with Gasteiger partial charge in [0.1, 0.15) is 0 Å². The van der Waals surface area contributed by atoms with Crippen LogP contribution in [0.2, 0.25) is 5.02 Å². The Balaban J connectivity index is 2.03. The molecule has 25 heavy (non-hydrogen) atoms. The number of halogens is 1. The number of amides is 2. The number of carbonyl (C=O) groups is 2. The van der Waals surface area contributed by atoms with Gasteiger partial charge in [0.2, 0.25) is 0 Å². The second-order valence-electron chi connectivity index (χ2n) is 5.37. The highest BCUT2D eigenvalue weighted by Crippen LogP contribution is 2.22. The summed E-state index contributed by atoms with van der Waals surface area (Å²) in [4.78, 5) is 24.1. The van der Waals surface area contributed by atoms with E-state index in [1.807, 2.05) is 32.0 Å². The average molecular weight is 358 g/mol. The van der Waals surface area contributed by atoms with Gasteiger partial charge in [0.05, 0.1) is 6.21 Å². The SMILES string of the molecule is CCc1cccc(CC)c1NC(=O)C(=O)N/N=C\c1cccc(Cl)c1. The van der Waals surface area contributed by atoms with E-state index in [4.69, 9.17) is 11.6 Å². The molecule has 0 saturated carbocycles. The maximum atomic E-state index is 12.1. The van der Waals surface area contributed by atoms with Crippen molar-refractivity contribution in [2.45, 2.75) is 26.7 Å². The van der Waals surface area contributed by atoms with Crippen molar-refractivity contribution in [1.82, 2.24) is 5.43 Å². The number of nitrogens with one attached hydrogen (secondary N) is 2. The fraction of sp³-hybridized carbons (Fsp3) is 0.211. The summed E-state index contributed by atoms with van der Waals surface area (Å²) >= 11 is 5.87. The molecule has 2 aromatic carbocycles. The molecule has 0 bridgehead atoms. The number of hydrogen-bond acceptors (Lipinski definition) is 3. The summed E-state index contributed by atoms with van der Waals surface area (Å²) in [7, 11) is 0. The predicted octanol–water partition coefficient (Wildman–Crippen LogP) is 3.55. The lowest BCUT2D eigenvalue weighted by atomic mass is 10.0. The van der Waals surface area contributed by atoms with Crippen molar-refractivity contribution in [2.75, 3.05) is 5.32 Å². The predicted molar refractivity (Wildman–Crippen MR) is 101 cm³/mol. The van der Waals surface area contributed by atoms with Crippen LogP contribution in [0.5, 0.6) is 0 Å². The van der Waals surface area contributed by atoms with Crippen LogP contribution in [0.1, 0.15) is 30.5 Å². The second-order valence-corrected chi connectivity index (χ2v) is 5.80. The van der Waals surface area contributed by atoms with Crippen LogP contribution in [0.4, 0.5) is 5.69 Å². The molecule has 0 unspecified atom stereocenters. The molecule has 2 N–H and O–H groups in total. The van der Waals surface area contributed by atoms with E-state index in [0.717, 1.165) is 29.5 Å². The molecule has 2 rings (SSSR count). The Kier molecular flexibility index (Phi) is 6.71. The van der Waals surface area contributed by atoms with Crippen LogP contribution in [-0.2, 0) is 22.4 Å². The quantitative estimate of drug-likeness (QED) is 0.488. The first-order chi connectivity index (χ1) is 12.0. The highest BCUT2D eigenvalue weighted by atomic mass is 35.5. The average Bonchev–Trinajstić information content (AvgIpc) is 2.61. The number of carbonyl (C=O) groups excluding carboxylic acids is 2. The fourth-order valence-corrected chi connectivity index (χ4v) is 2.58. The Bertz CT molecular complexity index is 781. The number of hydrogen-bond donors (Lipinski definition) is 2. The molecule has 2 aromatic rings. The van der Waals surface area contributed by atoms with E-state index >= 15 is 0 Å². The number of anilines is 1. The fourth-order valence-electron chi connectivity index (χ4n) is 2.38. The lowest BCUT2D eigenvalue weighted by molar-refractivity contribution is -0.136. The molecule has 0 aromatic heterocycles. The van der Waals surface area contributed by atoms with Gasteiger partial charge in [0.15, 0.2) is 0 Å². The van der Waals surface area contributed by atoms with Gasteiger partial charge in [-0.05, 0) is 41.7 Å². The van der Waals surface area contributed by atoms with E-state index in [1.54, 1.807) is 24.3 Å². The largest absolute Gasteiger partial charge is 0.329 e. The lowest BCUT2D eigenvalue weighted by Gasteiger charge is -2.13. The summed E-state index contributed by atoms with van der Waals surface area (Å²) in [6.07, 6.45) is 2.95. The molecule has 0 fully saturated rings. The molecule has 0 aliphatic heterocycles. The third-order valence-corrected chi connectivity index (χ3v) is 3.91. The summed E-state index contributed by atoms with van der Waals surface area (Å²) in [6, 6.07) is 12.8. The normalized spacial score (nSPS) is 10.7. The number of nitrogens with zero attached hydrogens (tertiary/aromatic N) is 1. The minimum absolute atomic E-state index is 0.566. The van der Waals surface area contributed by atoms with Crippen LogP contribution < -0.4 is 10.7 Å². The molecule has 2 amide bonds. The van der Waals surface area contributed by atoms with E-state index in [1.165, 1.54) is 6.21 Å². The van der Waals surface area contributed by atoms with Crippen molar-refractivity contribution in [2.24, 2.45) is 5.10 Å². The molecule has 0 aliphatic rings. The van der Waals surface area contributed by atoms with Gasteiger partial charge in [0.25, 0.3) is 0 Å². The van der Waals surface area contributed by atoms with E-state index < -0.39 is 11.8 Å². The molecule has 0 atom stereocenters. The number of benzene rings is 2. The van der Waals surface area contributed by atoms with Crippen molar-refractivity contribution in [3.8, 4) is 0 Å². The van der Waals surface area contributed by atoms with Crippen molar-refractivity contribution in [3.05, 3.63) is 64.2 Å². The van der Waals surface area contributed by atoms with Crippen LogP contribution in [0.15, 0.2) is 47.6 Å². The van der Waals surface area contributed by atoms with Gasteiger partial charge >= 0.3 is 11.8 Å². The minimum atomic E-state index is -0.828. The van der Waals surface area contributed by atoms with Crippen LogP contribution in [-0.4, -0.2) is 18.0 Å². The molecule has 0 saturated heterocycles. The van der Waals surface area contributed by atoms with Crippen molar-refractivity contribution in [3.63, 3.8) is 0 Å². The number of rotatable bonds is 5. The van der Waals surface area contributed by atoms with Crippen molar-refractivity contribution < 1.29 is 9.59 Å². The summed E-state index contributed by atoms with van der Waals surface area (Å²) in [6.45, 7) is 4.00. The lowest BCUT2D eigenvalue weighted by Crippen LogP contribution is -2.33. The minimum Gasteiger partial charge on any atom is -0.317 e. The van der Waals surface area contributed by atoms with Gasteiger partial charge in [-0.2, -0.15) is 5.10 Å². The molecule has 130 valence electrons. The highest BCUT2D eigenvalue weighted by molar-refractivity contribution is 6.39. The van der Waals surface area contributed by atoms with E-state index in [-0.39, 0.29) is 0 Å². The smallest absolute Gasteiger partial charge is 0.317 e. The van der Waals surface area contributed by atoms with Crippen LogP contribution in [0.25, 0.3) is 0 Å². The first-order valence-corrected chi connectivity index (χ1v) is 8.43. The Morgan fingerprint density at radius 2 is 1.68 bits per heavy atom. The Hall–Kier alpha value is -2.66. The van der Waals surface area contributed by atoms with Crippen molar-refractivity contribution in [1.29, 1.82) is 0 Å². The molecule has 0 heterocycles. The summed E-state index contributed by atoms with van der Waals surface area (Å²) in [5.41, 5.74) is 5.62. The third kappa shape index (κ3) is 5.16. The van der Waals surface area contributed by atoms with E-state index in [9.17, 15) is 9.59 Å². The second kappa shape index (κ2) is 8.99. The van der Waals surface area contributed by atoms with Gasteiger partial charge in [0, 0.05) is 10.7 Å². The van der Waals surface area contributed by atoms with Crippen LogP contribution in [0.3, 0.4) is 0 Å². The number of hydrazone groups is 1. The topological polar surface area (TPSA) is 70.6 Å². The third-order valence-electron chi connectivity index (χ3n) is 3.67. The maximum Gasteiger partial charge on any atom is 0.329 e. The molecule has 6 heteroatoms. The zero-order chi connectivity index (χ0) is 18.2. The summed E-state index contributed by atoms with van der Waals surface area (Å²) in [5.74, 6) is -1.58. The Labute approximate surface area is 152 Å². The van der Waals surface area contributed by atoms with Crippen LogP contribution in [0, 0.1) is 0 Å².